The first-order valence-corrected chi connectivity index (χ1v) is 3.01. The van der Waals surface area contributed by atoms with Crippen LogP contribution in [0.2, 0.25) is 0 Å². The quantitative estimate of drug-likeness (QED) is 0.544. The molecule has 2 heteroatoms. The fourth-order valence-corrected chi connectivity index (χ4v) is 0.377. The Morgan fingerprint density at radius 1 is 1.67 bits per heavy atom. The Morgan fingerprint density at radius 2 is 2.33 bits per heavy atom. The zero-order chi connectivity index (χ0) is 7.11. The van der Waals surface area contributed by atoms with Gasteiger partial charge >= 0.3 is 0 Å². The van der Waals surface area contributed by atoms with Crippen molar-refractivity contribution >= 4 is 0 Å². The summed E-state index contributed by atoms with van der Waals surface area (Å²) in [6.07, 6.45) is 5.78. The topological polar surface area (TPSA) is 38.0 Å². The maximum atomic E-state index is 5.33. The molecule has 0 aromatic rings. The molecule has 0 amide bonds. The smallest absolute Gasteiger partial charge is 0.0137 e. The average Bonchev–Trinajstić information content (AvgIpc) is 1.89. The van der Waals surface area contributed by atoms with E-state index in [0.717, 1.165) is 0 Å². The Hall–Kier alpha value is -0.760. The lowest BCUT2D eigenvalue weighted by Crippen LogP contribution is -1.99. The predicted molar refractivity (Wildman–Crippen MR) is 41.0 cm³/mol. The standard InChI is InChI=1S/C7H14N2/c1-7(6-8)4-3-5-9-2/h3-5,9H,6,8H2,1-2H3/b5-3-,7-4-. The van der Waals surface area contributed by atoms with Crippen LogP contribution in [0, 0.1) is 0 Å². The van der Waals surface area contributed by atoms with Crippen LogP contribution in [0.25, 0.3) is 0 Å². The van der Waals surface area contributed by atoms with Crippen LogP contribution in [0.3, 0.4) is 0 Å². The second-order valence-electron chi connectivity index (χ2n) is 1.86. The van der Waals surface area contributed by atoms with E-state index in [9.17, 15) is 0 Å². The highest BCUT2D eigenvalue weighted by molar-refractivity contribution is 5.10. The van der Waals surface area contributed by atoms with Crippen LogP contribution < -0.4 is 11.1 Å². The highest BCUT2D eigenvalue weighted by atomic mass is 14.8. The van der Waals surface area contributed by atoms with Gasteiger partial charge in [0.05, 0.1) is 0 Å². The van der Waals surface area contributed by atoms with Crippen LogP contribution in [0.5, 0.6) is 0 Å². The van der Waals surface area contributed by atoms with Crippen LogP contribution >= 0.6 is 0 Å². The minimum atomic E-state index is 0.633. The molecule has 0 aliphatic heterocycles. The van der Waals surface area contributed by atoms with Crippen molar-refractivity contribution in [2.24, 2.45) is 5.73 Å². The number of allylic oxidation sites excluding steroid dienone is 2. The van der Waals surface area contributed by atoms with Gasteiger partial charge in [-0.15, -0.1) is 0 Å². The van der Waals surface area contributed by atoms with Crippen molar-refractivity contribution in [1.29, 1.82) is 0 Å². The summed E-state index contributed by atoms with van der Waals surface area (Å²) in [5.74, 6) is 0. The number of hydrogen-bond donors (Lipinski definition) is 2. The Kier molecular flexibility index (Phi) is 4.92. The summed E-state index contributed by atoms with van der Waals surface area (Å²) in [6, 6.07) is 0. The first-order valence-electron chi connectivity index (χ1n) is 3.01. The van der Waals surface area contributed by atoms with Gasteiger partial charge < -0.3 is 11.1 Å². The van der Waals surface area contributed by atoms with E-state index in [-0.39, 0.29) is 0 Å². The van der Waals surface area contributed by atoms with E-state index in [2.05, 4.69) is 5.32 Å². The molecule has 0 saturated heterocycles. The van der Waals surface area contributed by atoms with E-state index in [0.29, 0.717) is 6.54 Å². The van der Waals surface area contributed by atoms with Gasteiger partial charge in [0.2, 0.25) is 0 Å². The van der Waals surface area contributed by atoms with Gasteiger partial charge in [0.15, 0.2) is 0 Å². The third kappa shape index (κ3) is 5.11. The van der Waals surface area contributed by atoms with Crippen molar-refractivity contribution in [3.05, 3.63) is 23.9 Å². The maximum absolute atomic E-state index is 5.33. The molecule has 0 bridgehead atoms. The molecule has 0 aromatic carbocycles. The molecule has 3 N–H and O–H groups in total. The largest absolute Gasteiger partial charge is 0.394 e. The predicted octanol–water partition coefficient (Wildman–Crippen LogP) is 0.625. The highest BCUT2D eigenvalue weighted by Crippen LogP contribution is 1.86. The molecule has 0 aromatic heterocycles. The van der Waals surface area contributed by atoms with Gasteiger partial charge in [-0.25, -0.2) is 0 Å². The van der Waals surface area contributed by atoms with Crippen molar-refractivity contribution in [3.8, 4) is 0 Å². The van der Waals surface area contributed by atoms with E-state index in [1.807, 2.05) is 32.3 Å². The van der Waals surface area contributed by atoms with Crippen LogP contribution in [0.1, 0.15) is 6.92 Å². The zero-order valence-corrected chi connectivity index (χ0v) is 6.02. The molecular weight excluding hydrogens is 112 g/mol. The Labute approximate surface area is 56.4 Å². The van der Waals surface area contributed by atoms with Crippen molar-refractivity contribution in [3.63, 3.8) is 0 Å². The first-order chi connectivity index (χ1) is 4.31. The van der Waals surface area contributed by atoms with Crippen molar-refractivity contribution in [2.45, 2.75) is 6.92 Å². The van der Waals surface area contributed by atoms with Gasteiger partial charge in [-0.3, -0.25) is 0 Å². The molecule has 0 heterocycles. The summed E-state index contributed by atoms with van der Waals surface area (Å²) in [5.41, 5.74) is 6.51. The summed E-state index contributed by atoms with van der Waals surface area (Å²) >= 11 is 0. The van der Waals surface area contributed by atoms with Crippen LogP contribution in [0.15, 0.2) is 23.9 Å². The van der Waals surface area contributed by atoms with Crippen molar-refractivity contribution < 1.29 is 0 Å². The van der Waals surface area contributed by atoms with Gasteiger partial charge in [0.1, 0.15) is 0 Å². The Bertz CT molecular complexity index is 114. The molecule has 0 radical (unpaired) electrons. The second kappa shape index (κ2) is 5.38. The number of nitrogens with two attached hydrogens (primary N) is 1. The first kappa shape index (κ1) is 8.24. The highest BCUT2D eigenvalue weighted by Gasteiger charge is 1.76. The van der Waals surface area contributed by atoms with Gasteiger partial charge in [-0.2, -0.15) is 0 Å². The molecule has 0 saturated carbocycles. The molecule has 2 nitrogen and oxygen atoms in total. The van der Waals surface area contributed by atoms with Gasteiger partial charge in [0, 0.05) is 13.6 Å². The fourth-order valence-electron chi connectivity index (χ4n) is 0.377. The number of nitrogens with one attached hydrogen (secondary N) is 1. The van der Waals surface area contributed by atoms with E-state index >= 15 is 0 Å². The molecule has 52 valence electrons. The molecule has 0 rings (SSSR count). The Balaban J connectivity index is 3.55. The average molecular weight is 126 g/mol. The Morgan fingerprint density at radius 3 is 2.78 bits per heavy atom. The van der Waals surface area contributed by atoms with Gasteiger partial charge in [-0.05, 0) is 19.2 Å². The summed E-state index contributed by atoms with van der Waals surface area (Å²) in [5, 5.41) is 2.88. The fraction of sp³-hybridized carbons (Fsp3) is 0.429. The molecule has 0 fully saturated rings. The minimum Gasteiger partial charge on any atom is -0.394 e. The minimum absolute atomic E-state index is 0.633. The van der Waals surface area contributed by atoms with E-state index < -0.39 is 0 Å². The van der Waals surface area contributed by atoms with Crippen molar-refractivity contribution in [1.82, 2.24) is 5.32 Å². The van der Waals surface area contributed by atoms with E-state index in [1.54, 1.807) is 0 Å². The van der Waals surface area contributed by atoms with E-state index in [4.69, 9.17) is 5.73 Å². The summed E-state index contributed by atoms with van der Waals surface area (Å²) in [7, 11) is 1.86. The van der Waals surface area contributed by atoms with Gasteiger partial charge in [0.25, 0.3) is 0 Å². The summed E-state index contributed by atoms with van der Waals surface area (Å²) in [4.78, 5) is 0. The molecule has 9 heavy (non-hydrogen) atoms. The lowest BCUT2D eigenvalue weighted by molar-refractivity contribution is 1.10. The van der Waals surface area contributed by atoms with E-state index in [1.165, 1.54) is 5.57 Å². The number of rotatable bonds is 3. The second-order valence-corrected chi connectivity index (χ2v) is 1.86. The lowest BCUT2D eigenvalue weighted by Gasteiger charge is -1.88. The molecule has 0 spiro atoms. The third-order valence-electron chi connectivity index (χ3n) is 0.966. The van der Waals surface area contributed by atoms with Crippen molar-refractivity contribution in [2.75, 3.05) is 13.6 Å². The molecule has 0 unspecified atom stereocenters. The summed E-state index contributed by atoms with van der Waals surface area (Å²) < 4.78 is 0. The van der Waals surface area contributed by atoms with Crippen LogP contribution in [-0.2, 0) is 0 Å². The number of hydrogen-bond acceptors (Lipinski definition) is 2. The van der Waals surface area contributed by atoms with Gasteiger partial charge in [-0.1, -0.05) is 11.6 Å². The summed E-state index contributed by atoms with van der Waals surface area (Å²) in [6.45, 7) is 2.63. The van der Waals surface area contributed by atoms with Crippen LogP contribution in [0.4, 0.5) is 0 Å². The molecule has 0 atom stereocenters. The zero-order valence-electron chi connectivity index (χ0n) is 6.02. The monoisotopic (exact) mass is 126 g/mol. The molecule has 0 aliphatic carbocycles. The third-order valence-corrected chi connectivity index (χ3v) is 0.966. The lowest BCUT2D eigenvalue weighted by atomic mass is 10.3. The van der Waals surface area contributed by atoms with Crippen LogP contribution in [-0.4, -0.2) is 13.6 Å². The molecular formula is C7H14N2. The SMILES string of the molecule is CN/C=C\C=C(\C)CN. The maximum Gasteiger partial charge on any atom is 0.0137 e. The normalized spacial score (nSPS) is 12.6. The molecule has 0 aliphatic rings.